The monoisotopic (exact) mass is 136 g/mol. The molecule has 1 aliphatic carbocycles. The van der Waals surface area contributed by atoms with Crippen molar-refractivity contribution in [2.24, 2.45) is 0 Å². The molecule has 0 radical (unpaired) electrons. The molecule has 0 aromatic carbocycles. The molecule has 2 aliphatic rings. The largest absolute Gasteiger partial charge is 0.470 e. The van der Waals surface area contributed by atoms with Gasteiger partial charge >= 0.3 is 0 Å². The van der Waals surface area contributed by atoms with Crippen molar-refractivity contribution in [3.63, 3.8) is 0 Å². The zero-order valence-electron chi connectivity index (χ0n) is 6.10. The summed E-state index contributed by atoms with van der Waals surface area (Å²) in [6, 6.07) is 0. The van der Waals surface area contributed by atoms with Gasteiger partial charge in [0.2, 0.25) is 0 Å². The van der Waals surface area contributed by atoms with Crippen molar-refractivity contribution >= 4 is 0 Å². The molecule has 0 amide bonds. The summed E-state index contributed by atoms with van der Waals surface area (Å²) in [5.41, 5.74) is 1.54. The summed E-state index contributed by atoms with van der Waals surface area (Å²) in [7, 11) is 0. The molecule has 0 saturated carbocycles. The topological polar surface area (TPSA) is 9.23 Å². The number of hydrogen-bond acceptors (Lipinski definition) is 1. The number of hydrogen-bond donors (Lipinski definition) is 0. The predicted octanol–water partition coefficient (Wildman–Crippen LogP) is 2.75. The van der Waals surface area contributed by atoms with Crippen LogP contribution in [0.5, 0.6) is 0 Å². The quantitative estimate of drug-likeness (QED) is 0.497. The van der Waals surface area contributed by atoms with Crippen molar-refractivity contribution in [1.82, 2.24) is 0 Å². The first-order valence-corrected chi connectivity index (χ1v) is 3.99. The Morgan fingerprint density at radius 1 is 1.20 bits per heavy atom. The van der Waals surface area contributed by atoms with Crippen molar-refractivity contribution in [2.75, 3.05) is 0 Å². The SMILES string of the molecule is C1=COC2=C(C1)CCCC2. The lowest BCUT2D eigenvalue weighted by Crippen LogP contribution is -2.03. The third kappa shape index (κ3) is 0.962. The molecule has 10 heavy (non-hydrogen) atoms. The lowest BCUT2D eigenvalue weighted by molar-refractivity contribution is 0.301. The molecule has 0 saturated heterocycles. The van der Waals surface area contributed by atoms with Crippen LogP contribution in [0.4, 0.5) is 0 Å². The molecule has 0 N–H and O–H groups in total. The molecule has 1 heterocycles. The second-order valence-electron chi connectivity index (χ2n) is 2.93. The average molecular weight is 136 g/mol. The van der Waals surface area contributed by atoms with Gasteiger partial charge in [-0.15, -0.1) is 0 Å². The van der Waals surface area contributed by atoms with E-state index in [2.05, 4.69) is 6.08 Å². The van der Waals surface area contributed by atoms with Crippen molar-refractivity contribution in [3.8, 4) is 0 Å². The Bertz CT molecular complexity index is 169. The lowest BCUT2D eigenvalue weighted by Gasteiger charge is -2.20. The summed E-state index contributed by atoms with van der Waals surface area (Å²) in [6.45, 7) is 0. The normalized spacial score (nSPS) is 24.0. The van der Waals surface area contributed by atoms with E-state index in [1.54, 1.807) is 0 Å². The summed E-state index contributed by atoms with van der Waals surface area (Å²) < 4.78 is 5.38. The second-order valence-corrected chi connectivity index (χ2v) is 2.93. The predicted molar refractivity (Wildman–Crippen MR) is 40.3 cm³/mol. The van der Waals surface area contributed by atoms with E-state index in [-0.39, 0.29) is 0 Å². The van der Waals surface area contributed by atoms with Gasteiger partial charge in [-0.3, -0.25) is 0 Å². The third-order valence-corrected chi connectivity index (χ3v) is 2.20. The van der Waals surface area contributed by atoms with Crippen LogP contribution in [0.1, 0.15) is 32.1 Å². The van der Waals surface area contributed by atoms with Gasteiger partial charge in [0.05, 0.1) is 6.26 Å². The fraction of sp³-hybridized carbons (Fsp3) is 0.556. The Morgan fingerprint density at radius 3 is 3.00 bits per heavy atom. The van der Waals surface area contributed by atoms with Gasteiger partial charge in [-0.05, 0) is 37.3 Å². The van der Waals surface area contributed by atoms with Crippen LogP contribution < -0.4 is 0 Å². The molecule has 2 rings (SSSR count). The highest BCUT2D eigenvalue weighted by Gasteiger charge is 2.14. The van der Waals surface area contributed by atoms with E-state index in [0.717, 1.165) is 6.42 Å². The summed E-state index contributed by atoms with van der Waals surface area (Å²) >= 11 is 0. The number of allylic oxidation sites excluding steroid dienone is 3. The van der Waals surface area contributed by atoms with Crippen LogP contribution in [0.2, 0.25) is 0 Å². The molecule has 0 aromatic heterocycles. The van der Waals surface area contributed by atoms with Crippen LogP contribution in [-0.2, 0) is 4.74 Å². The smallest absolute Gasteiger partial charge is 0.103 e. The molecule has 0 fully saturated rings. The molecule has 1 nitrogen and oxygen atoms in total. The van der Waals surface area contributed by atoms with Crippen molar-refractivity contribution in [3.05, 3.63) is 23.7 Å². The Hall–Kier alpha value is -0.720. The minimum absolute atomic E-state index is 1.13. The van der Waals surface area contributed by atoms with Gasteiger partial charge in [-0.25, -0.2) is 0 Å². The Balaban J connectivity index is 2.17. The van der Waals surface area contributed by atoms with Gasteiger partial charge in [0.1, 0.15) is 5.76 Å². The van der Waals surface area contributed by atoms with E-state index in [1.165, 1.54) is 37.0 Å². The summed E-state index contributed by atoms with van der Waals surface area (Å²) in [4.78, 5) is 0. The Labute approximate surface area is 61.4 Å². The first-order chi connectivity index (χ1) is 4.97. The molecular formula is C9H12O. The highest BCUT2D eigenvalue weighted by molar-refractivity contribution is 5.18. The highest BCUT2D eigenvalue weighted by Crippen LogP contribution is 2.30. The standard InChI is InChI=1S/C9H12O/c1-2-6-9-8(4-1)5-3-7-10-9/h3,7H,1-2,4-6H2. The van der Waals surface area contributed by atoms with Crippen LogP contribution in [0.15, 0.2) is 23.7 Å². The first kappa shape index (κ1) is 6.02. The zero-order chi connectivity index (χ0) is 6.81. The van der Waals surface area contributed by atoms with E-state index in [0.29, 0.717) is 0 Å². The minimum atomic E-state index is 1.13. The number of ether oxygens (including phenoxy) is 1. The van der Waals surface area contributed by atoms with E-state index < -0.39 is 0 Å². The van der Waals surface area contributed by atoms with Gasteiger partial charge in [-0.1, -0.05) is 0 Å². The van der Waals surface area contributed by atoms with E-state index in [9.17, 15) is 0 Å². The average Bonchev–Trinajstić information content (AvgIpc) is 2.05. The van der Waals surface area contributed by atoms with Gasteiger partial charge in [-0.2, -0.15) is 0 Å². The molecule has 1 heteroatoms. The second kappa shape index (κ2) is 2.49. The molecule has 1 aliphatic heterocycles. The van der Waals surface area contributed by atoms with Crippen molar-refractivity contribution in [1.29, 1.82) is 0 Å². The zero-order valence-corrected chi connectivity index (χ0v) is 6.10. The summed E-state index contributed by atoms with van der Waals surface area (Å²) in [5, 5.41) is 0. The molecule has 0 aromatic rings. The third-order valence-electron chi connectivity index (χ3n) is 2.20. The van der Waals surface area contributed by atoms with Crippen LogP contribution in [0.25, 0.3) is 0 Å². The molecule has 0 unspecified atom stereocenters. The molecule has 0 spiro atoms. The Kier molecular flexibility index (Phi) is 1.50. The van der Waals surface area contributed by atoms with Gasteiger partial charge in [0.15, 0.2) is 0 Å². The van der Waals surface area contributed by atoms with E-state index in [4.69, 9.17) is 4.74 Å². The lowest BCUT2D eigenvalue weighted by atomic mass is 9.94. The summed E-state index contributed by atoms with van der Waals surface area (Å²) in [5.74, 6) is 1.26. The maximum absolute atomic E-state index is 5.38. The van der Waals surface area contributed by atoms with Crippen molar-refractivity contribution in [2.45, 2.75) is 32.1 Å². The van der Waals surface area contributed by atoms with Gasteiger partial charge in [0.25, 0.3) is 0 Å². The maximum Gasteiger partial charge on any atom is 0.103 e. The fourth-order valence-electron chi connectivity index (χ4n) is 1.62. The summed E-state index contributed by atoms with van der Waals surface area (Å²) in [6.07, 6.45) is 10.2. The fourth-order valence-corrected chi connectivity index (χ4v) is 1.62. The Morgan fingerprint density at radius 2 is 2.10 bits per heavy atom. The maximum atomic E-state index is 5.38. The molecular weight excluding hydrogens is 124 g/mol. The van der Waals surface area contributed by atoms with Crippen molar-refractivity contribution < 1.29 is 4.74 Å². The minimum Gasteiger partial charge on any atom is -0.470 e. The number of rotatable bonds is 0. The molecule has 0 bridgehead atoms. The van der Waals surface area contributed by atoms with E-state index in [1.807, 2.05) is 6.26 Å². The van der Waals surface area contributed by atoms with Crippen LogP contribution in [-0.4, -0.2) is 0 Å². The van der Waals surface area contributed by atoms with Crippen LogP contribution in [0, 0.1) is 0 Å². The van der Waals surface area contributed by atoms with E-state index >= 15 is 0 Å². The molecule has 0 atom stereocenters. The highest BCUT2D eigenvalue weighted by atomic mass is 16.5. The van der Waals surface area contributed by atoms with Gasteiger partial charge in [0, 0.05) is 6.42 Å². The van der Waals surface area contributed by atoms with Crippen LogP contribution >= 0.6 is 0 Å². The van der Waals surface area contributed by atoms with Crippen LogP contribution in [0.3, 0.4) is 0 Å². The van der Waals surface area contributed by atoms with Gasteiger partial charge < -0.3 is 4.74 Å². The first-order valence-electron chi connectivity index (χ1n) is 3.99. The molecule has 54 valence electrons.